The summed E-state index contributed by atoms with van der Waals surface area (Å²) in [4.78, 5) is 22.5. The van der Waals surface area contributed by atoms with Gasteiger partial charge in [-0.15, -0.1) is 0 Å². The molecule has 1 heterocycles. The van der Waals surface area contributed by atoms with Crippen LogP contribution in [0.2, 0.25) is 0 Å². The van der Waals surface area contributed by atoms with Crippen LogP contribution in [0.25, 0.3) is 0 Å². The number of carbonyl (C=O) groups excluding carboxylic acids is 2. The molecular weight excluding hydrogens is 216 g/mol. The molecule has 92 valence electrons. The van der Waals surface area contributed by atoms with E-state index in [0.717, 1.165) is 0 Å². The van der Waals surface area contributed by atoms with E-state index in [-0.39, 0.29) is 13.2 Å². The summed E-state index contributed by atoms with van der Waals surface area (Å²) in [5.41, 5.74) is -1.88. The van der Waals surface area contributed by atoms with Gasteiger partial charge in [-0.3, -0.25) is 0 Å². The molecule has 16 heavy (non-hydrogen) atoms. The molecule has 0 aromatic heterocycles. The van der Waals surface area contributed by atoms with Gasteiger partial charge in [0.2, 0.25) is 0 Å². The molecule has 6 nitrogen and oxygen atoms in total. The summed E-state index contributed by atoms with van der Waals surface area (Å²) < 4.78 is 19.6. The van der Waals surface area contributed by atoms with Gasteiger partial charge in [0.05, 0.1) is 0 Å². The van der Waals surface area contributed by atoms with Crippen LogP contribution in [0.1, 0.15) is 27.7 Å². The SMILES string of the molecule is CC1(C)COC(=O)OCC(C)(C)OC(=O)O1. The third-order valence-electron chi connectivity index (χ3n) is 1.79. The van der Waals surface area contributed by atoms with Gasteiger partial charge in [-0.05, 0) is 27.7 Å². The fourth-order valence-electron chi connectivity index (χ4n) is 1.04. The molecule has 0 saturated carbocycles. The fraction of sp³-hybridized carbons (Fsp3) is 0.800. The van der Waals surface area contributed by atoms with E-state index in [4.69, 9.17) is 18.9 Å². The van der Waals surface area contributed by atoms with Gasteiger partial charge < -0.3 is 18.9 Å². The van der Waals surface area contributed by atoms with Gasteiger partial charge in [0, 0.05) is 0 Å². The van der Waals surface area contributed by atoms with Crippen LogP contribution in [0.15, 0.2) is 0 Å². The van der Waals surface area contributed by atoms with E-state index in [2.05, 4.69) is 0 Å². The summed E-state index contributed by atoms with van der Waals surface area (Å²) in [6.45, 7) is 6.27. The van der Waals surface area contributed by atoms with E-state index in [0.29, 0.717) is 0 Å². The normalized spacial score (nSPS) is 24.5. The minimum Gasteiger partial charge on any atom is -0.430 e. The van der Waals surface area contributed by atoms with Crippen molar-refractivity contribution < 1.29 is 28.5 Å². The van der Waals surface area contributed by atoms with Crippen molar-refractivity contribution in [1.82, 2.24) is 0 Å². The minimum atomic E-state index is -0.941. The third kappa shape index (κ3) is 3.96. The molecule has 0 bridgehead atoms. The van der Waals surface area contributed by atoms with Crippen LogP contribution in [-0.2, 0) is 18.9 Å². The van der Waals surface area contributed by atoms with E-state index >= 15 is 0 Å². The van der Waals surface area contributed by atoms with Crippen molar-refractivity contribution in [3.8, 4) is 0 Å². The molecule has 1 saturated heterocycles. The second-order valence-electron chi connectivity index (χ2n) is 4.80. The lowest BCUT2D eigenvalue weighted by Gasteiger charge is -2.30. The second kappa shape index (κ2) is 4.19. The Morgan fingerprint density at radius 2 is 1.19 bits per heavy atom. The Labute approximate surface area is 93.8 Å². The molecule has 0 N–H and O–H groups in total. The number of carbonyl (C=O) groups is 2. The van der Waals surface area contributed by atoms with Crippen LogP contribution >= 0.6 is 0 Å². The molecule has 1 aliphatic heterocycles. The van der Waals surface area contributed by atoms with Crippen LogP contribution in [0.4, 0.5) is 9.59 Å². The first-order chi connectivity index (χ1) is 7.20. The predicted molar refractivity (Wildman–Crippen MR) is 53.0 cm³/mol. The molecule has 1 aliphatic rings. The van der Waals surface area contributed by atoms with Gasteiger partial charge in [0.25, 0.3) is 0 Å². The highest BCUT2D eigenvalue weighted by Crippen LogP contribution is 2.18. The van der Waals surface area contributed by atoms with Crippen molar-refractivity contribution in [3.63, 3.8) is 0 Å². The Balaban J connectivity index is 2.76. The number of ether oxygens (including phenoxy) is 4. The molecule has 0 atom stereocenters. The Morgan fingerprint density at radius 1 is 0.812 bits per heavy atom. The third-order valence-corrected chi connectivity index (χ3v) is 1.79. The zero-order chi connectivity index (χ0) is 12.4. The minimum absolute atomic E-state index is 0.0820. The Hall–Kier alpha value is -1.46. The highest BCUT2D eigenvalue weighted by molar-refractivity contribution is 5.62. The fourth-order valence-corrected chi connectivity index (χ4v) is 1.04. The van der Waals surface area contributed by atoms with Crippen LogP contribution in [0.3, 0.4) is 0 Å². The van der Waals surface area contributed by atoms with Gasteiger partial charge in [-0.2, -0.15) is 0 Å². The van der Waals surface area contributed by atoms with Crippen molar-refractivity contribution in [3.05, 3.63) is 0 Å². The summed E-state index contributed by atoms with van der Waals surface area (Å²) in [5, 5.41) is 0. The molecule has 0 aromatic carbocycles. The van der Waals surface area contributed by atoms with E-state index < -0.39 is 23.5 Å². The molecular formula is C10H16O6. The van der Waals surface area contributed by atoms with Gasteiger partial charge in [-0.1, -0.05) is 0 Å². The largest absolute Gasteiger partial charge is 0.509 e. The van der Waals surface area contributed by atoms with Crippen LogP contribution in [0, 0.1) is 0 Å². The first kappa shape index (κ1) is 12.6. The topological polar surface area (TPSA) is 71.1 Å². The predicted octanol–water partition coefficient (Wildman–Crippen LogP) is 1.86. The average molecular weight is 232 g/mol. The van der Waals surface area contributed by atoms with E-state index in [1.54, 1.807) is 27.7 Å². The molecule has 1 fully saturated rings. The van der Waals surface area contributed by atoms with E-state index in [9.17, 15) is 9.59 Å². The van der Waals surface area contributed by atoms with Gasteiger partial charge in [0.15, 0.2) is 0 Å². The molecule has 0 unspecified atom stereocenters. The summed E-state index contributed by atoms with van der Waals surface area (Å²) in [6.07, 6.45) is -1.61. The average Bonchev–Trinajstić information content (AvgIpc) is 2.08. The zero-order valence-corrected chi connectivity index (χ0v) is 9.86. The highest BCUT2D eigenvalue weighted by atomic mass is 16.8. The van der Waals surface area contributed by atoms with Crippen LogP contribution in [-0.4, -0.2) is 36.7 Å². The number of rotatable bonds is 0. The quantitative estimate of drug-likeness (QED) is 0.594. The first-order valence-electron chi connectivity index (χ1n) is 4.92. The molecule has 1 rings (SSSR count). The first-order valence-corrected chi connectivity index (χ1v) is 4.92. The van der Waals surface area contributed by atoms with Gasteiger partial charge in [-0.25, -0.2) is 9.59 Å². The standard InChI is InChI=1S/C10H16O6/c1-9(2)5-13-7(11)14-6-10(3,4)16-8(12)15-9/h5-6H2,1-4H3. The van der Waals surface area contributed by atoms with Crippen molar-refractivity contribution in [2.24, 2.45) is 0 Å². The van der Waals surface area contributed by atoms with Crippen molar-refractivity contribution >= 4 is 12.3 Å². The van der Waals surface area contributed by atoms with Crippen molar-refractivity contribution in [2.75, 3.05) is 13.2 Å². The zero-order valence-electron chi connectivity index (χ0n) is 9.86. The Morgan fingerprint density at radius 3 is 1.56 bits per heavy atom. The lowest BCUT2D eigenvalue weighted by atomic mass is 10.1. The number of hydrogen-bond acceptors (Lipinski definition) is 6. The summed E-state index contributed by atoms with van der Waals surface area (Å²) in [7, 11) is 0. The summed E-state index contributed by atoms with van der Waals surface area (Å²) in [5.74, 6) is 0. The smallest absolute Gasteiger partial charge is 0.430 e. The molecule has 0 aromatic rings. The van der Waals surface area contributed by atoms with Crippen LogP contribution < -0.4 is 0 Å². The molecule has 0 radical (unpaired) electrons. The van der Waals surface area contributed by atoms with Gasteiger partial charge in [0.1, 0.15) is 24.4 Å². The van der Waals surface area contributed by atoms with Crippen LogP contribution in [0.5, 0.6) is 0 Å². The van der Waals surface area contributed by atoms with E-state index in [1.807, 2.05) is 0 Å². The molecule has 0 spiro atoms. The summed E-state index contributed by atoms with van der Waals surface area (Å²) in [6, 6.07) is 0. The monoisotopic (exact) mass is 232 g/mol. The maximum Gasteiger partial charge on any atom is 0.509 e. The number of hydrogen-bond donors (Lipinski definition) is 0. The summed E-state index contributed by atoms with van der Waals surface area (Å²) >= 11 is 0. The Bertz CT molecular complexity index is 268. The lowest BCUT2D eigenvalue weighted by Crippen LogP contribution is -2.42. The highest BCUT2D eigenvalue weighted by Gasteiger charge is 2.33. The molecule has 0 amide bonds. The lowest BCUT2D eigenvalue weighted by molar-refractivity contribution is -0.113. The molecule has 6 heteroatoms. The van der Waals surface area contributed by atoms with Crippen molar-refractivity contribution in [2.45, 2.75) is 38.9 Å². The second-order valence-corrected chi connectivity index (χ2v) is 4.80. The Kier molecular flexibility index (Phi) is 3.30. The maximum atomic E-state index is 11.4. The molecule has 0 aliphatic carbocycles. The maximum absolute atomic E-state index is 11.4. The number of cyclic esters (lactones) is 4. The van der Waals surface area contributed by atoms with Gasteiger partial charge >= 0.3 is 12.3 Å². The van der Waals surface area contributed by atoms with E-state index in [1.165, 1.54) is 0 Å². The van der Waals surface area contributed by atoms with Crippen molar-refractivity contribution in [1.29, 1.82) is 0 Å².